The SMILES string of the molecule is C/C(=C\c1ccccc1)CNC[C@@H]1CCCN1C1CCC1.COc1cc(C(=O)N(C/C(C)=C/c2ccccc2)C[C@@H]2CCCN2C2CCC2)ccc1OC(F)F. The van der Waals surface area contributed by atoms with Crippen molar-refractivity contribution >= 4 is 18.1 Å². The summed E-state index contributed by atoms with van der Waals surface area (Å²) in [6, 6.07) is 27.7. The highest BCUT2D eigenvalue weighted by atomic mass is 19.3. The van der Waals surface area contributed by atoms with E-state index in [2.05, 4.69) is 69.3 Å². The lowest BCUT2D eigenvalue weighted by Gasteiger charge is -2.40. The number of methoxy groups -OCH3 is 1. The predicted molar refractivity (Wildman–Crippen MR) is 223 cm³/mol. The molecule has 7 rings (SSSR count). The fraction of sp³-hybridized carbons (Fsp3) is 0.511. The summed E-state index contributed by atoms with van der Waals surface area (Å²) in [6.07, 6.45) is 17.4. The number of benzene rings is 3. The molecule has 2 heterocycles. The van der Waals surface area contributed by atoms with Gasteiger partial charge in [0.25, 0.3) is 5.91 Å². The smallest absolute Gasteiger partial charge is 0.387 e. The number of alkyl halides is 2. The van der Waals surface area contributed by atoms with Gasteiger partial charge in [-0.25, -0.2) is 0 Å². The van der Waals surface area contributed by atoms with E-state index in [4.69, 9.17) is 4.74 Å². The number of carbonyl (C=O) groups excluding carboxylic acids is 1. The van der Waals surface area contributed by atoms with Crippen LogP contribution in [0.3, 0.4) is 0 Å². The number of nitrogens with one attached hydrogen (secondary N) is 1. The number of carbonyl (C=O) groups is 1. The van der Waals surface area contributed by atoms with Crippen LogP contribution in [0.4, 0.5) is 8.78 Å². The van der Waals surface area contributed by atoms with Gasteiger partial charge in [-0.1, -0.05) is 96.8 Å². The maximum atomic E-state index is 13.7. The largest absolute Gasteiger partial charge is 0.493 e. The molecule has 0 bridgehead atoms. The normalized spacial score (nSPS) is 21.0. The molecule has 2 aliphatic carbocycles. The lowest BCUT2D eigenvalue weighted by molar-refractivity contribution is -0.0512. The molecule has 4 fully saturated rings. The molecule has 9 heteroatoms. The fourth-order valence-corrected chi connectivity index (χ4v) is 8.68. The summed E-state index contributed by atoms with van der Waals surface area (Å²) in [4.78, 5) is 21.0. The maximum Gasteiger partial charge on any atom is 0.387 e. The number of hydrogen-bond donors (Lipinski definition) is 1. The van der Waals surface area contributed by atoms with E-state index in [1.54, 1.807) is 0 Å². The average molecular weight is 769 g/mol. The molecule has 0 radical (unpaired) electrons. The average Bonchev–Trinajstić information content (AvgIpc) is 3.80. The van der Waals surface area contributed by atoms with Crippen LogP contribution < -0.4 is 14.8 Å². The summed E-state index contributed by atoms with van der Waals surface area (Å²) in [5, 5.41) is 3.67. The highest BCUT2D eigenvalue weighted by molar-refractivity contribution is 5.95. The molecule has 4 aliphatic rings. The first-order valence-corrected chi connectivity index (χ1v) is 20.9. The van der Waals surface area contributed by atoms with Gasteiger partial charge in [-0.15, -0.1) is 0 Å². The number of ether oxygens (including phenoxy) is 2. The maximum absolute atomic E-state index is 13.7. The molecule has 2 saturated heterocycles. The Morgan fingerprint density at radius 3 is 1.89 bits per heavy atom. The summed E-state index contributed by atoms with van der Waals surface area (Å²) < 4.78 is 35.3. The summed E-state index contributed by atoms with van der Waals surface area (Å²) in [5.74, 6) is -0.115. The van der Waals surface area contributed by atoms with Gasteiger partial charge in [-0.05, 0) is 108 Å². The van der Waals surface area contributed by atoms with E-state index in [1.807, 2.05) is 42.2 Å². The molecule has 1 N–H and O–H groups in total. The lowest BCUT2D eigenvalue weighted by atomic mass is 9.91. The molecular weight excluding hydrogens is 707 g/mol. The Balaban J connectivity index is 0.000000215. The van der Waals surface area contributed by atoms with Gasteiger partial charge in [-0.3, -0.25) is 14.6 Å². The Labute approximate surface area is 333 Å². The Hall–Kier alpha value is -4.05. The van der Waals surface area contributed by atoms with E-state index < -0.39 is 6.61 Å². The summed E-state index contributed by atoms with van der Waals surface area (Å²) >= 11 is 0. The molecule has 56 heavy (non-hydrogen) atoms. The standard InChI is InChI=1S/C28H34F2N2O3.C19H28N2/c1-20(16-21-8-4-3-5-9-21)18-31(19-24-12-7-15-32(24)23-10-6-11-23)27(33)22-13-14-25(35-28(29)30)26(17-22)34-2;1-16(13-17-7-3-2-4-8-17)14-20-15-19-11-6-12-21(19)18-9-5-10-18/h3-5,8-9,13-14,16-17,23-24,28H,6-7,10-12,15,18-19H2,1-2H3;2-4,7-8,13,18-20H,5-6,9-12,14-15H2,1H3/b20-16+;16-13+/t24-;19-/m00/s1. The van der Waals surface area contributed by atoms with Gasteiger partial charge in [0, 0.05) is 55.9 Å². The first-order valence-electron chi connectivity index (χ1n) is 20.9. The van der Waals surface area contributed by atoms with Crippen molar-refractivity contribution in [3.63, 3.8) is 0 Å². The molecule has 2 saturated carbocycles. The van der Waals surface area contributed by atoms with Crippen LogP contribution in [0.5, 0.6) is 11.5 Å². The molecule has 0 aromatic heterocycles. The Kier molecular flexibility index (Phi) is 15.5. The molecule has 0 unspecified atom stereocenters. The molecule has 1 amide bonds. The third-order valence-corrected chi connectivity index (χ3v) is 11.9. The van der Waals surface area contributed by atoms with Crippen molar-refractivity contribution in [2.45, 2.75) is 109 Å². The van der Waals surface area contributed by atoms with Crippen LogP contribution in [0.2, 0.25) is 0 Å². The number of nitrogens with zero attached hydrogens (tertiary/aromatic N) is 3. The number of halogens is 2. The van der Waals surface area contributed by atoms with E-state index in [0.717, 1.165) is 55.7 Å². The molecule has 2 aliphatic heterocycles. The second-order valence-electron chi connectivity index (χ2n) is 16.1. The molecular formula is C47H62F2N4O3. The Bertz CT molecular complexity index is 1730. The Morgan fingerprint density at radius 1 is 0.768 bits per heavy atom. The van der Waals surface area contributed by atoms with E-state index in [9.17, 15) is 13.6 Å². The monoisotopic (exact) mass is 768 g/mol. The minimum atomic E-state index is -2.97. The van der Waals surface area contributed by atoms with Crippen LogP contribution in [0.25, 0.3) is 12.2 Å². The zero-order valence-corrected chi connectivity index (χ0v) is 33.7. The van der Waals surface area contributed by atoms with Crippen molar-refractivity contribution in [3.05, 3.63) is 107 Å². The first kappa shape index (κ1) is 41.6. The van der Waals surface area contributed by atoms with Gasteiger partial charge in [0.1, 0.15) is 0 Å². The van der Waals surface area contributed by atoms with E-state index >= 15 is 0 Å². The van der Waals surface area contributed by atoms with Crippen LogP contribution >= 0.6 is 0 Å². The molecule has 3 aromatic rings. The van der Waals surface area contributed by atoms with Crippen LogP contribution in [0.1, 0.15) is 99.5 Å². The second kappa shape index (κ2) is 20.9. The van der Waals surface area contributed by atoms with Crippen LogP contribution in [0, 0.1) is 0 Å². The van der Waals surface area contributed by atoms with E-state index in [-0.39, 0.29) is 17.4 Å². The summed E-state index contributed by atoms with van der Waals surface area (Å²) in [5.41, 5.74) is 5.26. The zero-order valence-electron chi connectivity index (χ0n) is 33.7. The molecule has 7 nitrogen and oxygen atoms in total. The Morgan fingerprint density at radius 2 is 1.34 bits per heavy atom. The van der Waals surface area contributed by atoms with Gasteiger partial charge >= 0.3 is 6.61 Å². The van der Waals surface area contributed by atoms with Crippen molar-refractivity contribution < 1.29 is 23.0 Å². The van der Waals surface area contributed by atoms with Gasteiger partial charge in [-0.2, -0.15) is 8.78 Å². The highest BCUT2D eigenvalue weighted by Crippen LogP contribution is 2.34. The zero-order chi connectivity index (χ0) is 39.3. The quantitative estimate of drug-likeness (QED) is 0.157. The number of hydrogen-bond acceptors (Lipinski definition) is 6. The highest BCUT2D eigenvalue weighted by Gasteiger charge is 2.36. The van der Waals surface area contributed by atoms with Crippen molar-refractivity contribution in [2.24, 2.45) is 0 Å². The fourth-order valence-electron chi connectivity index (χ4n) is 8.68. The molecule has 3 aromatic carbocycles. The number of likely N-dealkylation sites (tertiary alicyclic amines) is 2. The van der Waals surface area contributed by atoms with Crippen molar-refractivity contribution in [1.29, 1.82) is 0 Å². The van der Waals surface area contributed by atoms with Crippen LogP contribution in [-0.4, -0.2) is 97.8 Å². The lowest BCUT2D eigenvalue weighted by Crippen LogP contribution is -2.49. The second-order valence-corrected chi connectivity index (χ2v) is 16.1. The van der Waals surface area contributed by atoms with Crippen LogP contribution in [0.15, 0.2) is 90.0 Å². The topological polar surface area (TPSA) is 57.3 Å². The minimum Gasteiger partial charge on any atom is -0.493 e. The van der Waals surface area contributed by atoms with E-state index in [1.165, 1.54) is 94.4 Å². The predicted octanol–water partition coefficient (Wildman–Crippen LogP) is 9.56. The summed E-state index contributed by atoms with van der Waals surface area (Å²) in [6.45, 7) is 6.98. The molecule has 302 valence electrons. The number of amides is 1. The van der Waals surface area contributed by atoms with Gasteiger partial charge < -0.3 is 19.7 Å². The number of rotatable bonds is 16. The molecule has 2 atom stereocenters. The van der Waals surface area contributed by atoms with Crippen LogP contribution in [-0.2, 0) is 0 Å². The first-order chi connectivity index (χ1) is 27.3. The van der Waals surface area contributed by atoms with Gasteiger partial charge in [0.05, 0.1) is 7.11 Å². The third kappa shape index (κ3) is 11.7. The minimum absolute atomic E-state index is 0.0855. The van der Waals surface area contributed by atoms with E-state index in [0.29, 0.717) is 30.7 Å². The van der Waals surface area contributed by atoms with Crippen molar-refractivity contribution in [2.75, 3.05) is 46.4 Å². The van der Waals surface area contributed by atoms with Crippen molar-refractivity contribution in [3.8, 4) is 11.5 Å². The third-order valence-electron chi connectivity index (χ3n) is 11.9. The van der Waals surface area contributed by atoms with Gasteiger partial charge in [0.2, 0.25) is 0 Å². The summed E-state index contributed by atoms with van der Waals surface area (Å²) in [7, 11) is 1.38. The molecule has 0 spiro atoms. The van der Waals surface area contributed by atoms with Crippen molar-refractivity contribution in [1.82, 2.24) is 20.0 Å². The van der Waals surface area contributed by atoms with Gasteiger partial charge in [0.15, 0.2) is 11.5 Å².